The number of phenolic OH excluding ortho intramolecular Hbond substituents is 3. The Labute approximate surface area is 153 Å². The molecule has 28 heavy (non-hydrogen) atoms. The molecule has 3 N–H and O–H groups in total. The molecular weight excluding hydrogens is 394 g/mol. The molecule has 150 valence electrons. The van der Waals surface area contributed by atoms with Crippen molar-refractivity contribution in [3.63, 3.8) is 0 Å². The second kappa shape index (κ2) is 6.32. The third kappa shape index (κ3) is 3.58. The lowest BCUT2D eigenvalue weighted by atomic mass is 9.96. The first kappa shape index (κ1) is 19.8. The van der Waals surface area contributed by atoms with Crippen molar-refractivity contribution in [2.45, 2.75) is 24.7 Å². The number of alkyl halides is 6. The van der Waals surface area contributed by atoms with E-state index in [9.17, 15) is 46.5 Å². The van der Waals surface area contributed by atoms with Crippen LogP contribution in [-0.2, 0) is 12.4 Å². The Balaban J connectivity index is 1.96. The fraction of sp³-hybridized carbons (Fsp3) is 0.278. The van der Waals surface area contributed by atoms with Gasteiger partial charge in [-0.2, -0.15) is 26.3 Å². The van der Waals surface area contributed by atoms with Gasteiger partial charge in [0, 0.05) is 18.1 Å². The first-order valence-electron chi connectivity index (χ1n) is 7.88. The van der Waals surface area contributed by atoms with Gasteiger partial charge in [0.2, 0.25) is 0 Å². The molecular formula is C18H12F6O4. The van der Waals surface area contributed by atoms with Crippen LogP contribution in [0.15, 0.2) is 30.3 Å². The van der Waals surface area contributed by atoms with Crippen LogP contribution < -0.4 is 0 Å². The summed E-state index contributed by atoms with van der Waals surface area (Å²) in [6.45, 7) is 0. The van der Waals surface area contributed by atoms with Crippen molar-refractivity contribution in [3.8, 4) is 17.2 Å². The lowest BCUT2D eigenvalue weighted by Gasteiger charge is -2.16. The summed E-state index contributed by atoms with van der Waals surface area (Å²) < 4.78 is 78.1. The standard InChI is InChI=1S/C18H12F6O4/c19-17(20,21)7-1-2-9(12(3-7)18(22,23)24)10-6-11(10)16(28)15-13(26)4-8(25)5-14(15)27/h1-5,10-11,25-27H,6H2. The van der Waals surface area contributed by atoms with E-state index in [0.29, 0.717) is 12.1 Å². The summed E-state index contributed by atoms with van der Waals surface area (Å²) in [5.74, 6) is -4.97. The number of halogens is 6. The van der Waals surface area contributed by atoms with E-state index in [2.05, 4.69) is 0 Å². The molecule has 1 aliphatic rings. The maximum absolute atomic E-state index is 13.3. The van der Waals surface area contributed by atoms with E-state index >= 15 is 0 Å². The second-order valence-corrected chi connectivity index (χ2v) is 6.47. The maximum atomic E-state index is 13.3. The van der Waals surface area contributed by atoms with Crippen LogP contribution in [0.5, 0.6) is 17.2 Å². The summed E-state index contributed by atoms with van der Waals surface area (Å²) in [6.07, 6.45) is -10.1. The number of carbonyl (C=O) groups is 1. The maximum Gasteiger partial charge on any atom is 0.416 e. The largest absolute Gasteiger partial charge is 0.508 e. The first-order chi connectivity index (χ1) is 12.8. The van der Waals surface area contributed by atoms with Gasteiger partial charge in [0.05, 0.1) is 11.1 Å². The molecule has 4 nitrogen and oxygen atoms in total. The lowest BCUT2D eigenvalue weighted by molar-refractivity contribution is -0.143. The number of ketones is 1. The zero-order valence-corrected chi connectivity index (χ0v) is 13.8. The molecule has 0 bridgehead atoms. The van der Waals surface area contributed by atoms with Crippen LogP contribution >= 0.6 is 0 Å². The fourth-order valence-corrected chi connectivity index (χ4v) is 3.17. The number of benzene rings is 2. The monoisotopic (exact) mass is 406 g/mol. The van der Waals surface area contributed by atoms with E-state index < -0.39 is 69.5 Å². The molecule has 2 atom stereocenters. The molecule has 0 aromatic heterocycles. The normalized spacial score (nSPS) is 19.5. The molecule has 0 heterocycles. The Kier molecular flexibility index (Phi) is 4.48. The molecule has 2 aromatic rings. The Morgan fingerprint density at radius 2 is 1.46 bits per heavy atom. The predicted octanol–water partition coefficient (Wildman–Crippen LogP) is 4.83. The molecule has 0 amide bonds. The molecule has 0 radical (unpaired) electrons. The topological polar surface area (TPSA) is 77.8 Å². The van der Waals surface area contributed by atoms with Crippen LogP contribution in [0.1, 0.15) is 39.4 Å². The highest BCUT2D eigenvalue weighted by Crippen LogP contribution is 2.54. The van der Waals surface area contributed by atoms with E-state index in [0.717, 1.165) is 12.1 Å². The second-order valence-electron chi connectivity index (χ2n) is 6.47. The van der Waals surface area contributed by atoms with Gasteiger partial charge >= 0.3 is 12.4 Å². The highest BCUT2D eigenvalue weighted by atomic mass is 19.4. The zero-order chi connectivity index (χ0) is 21.0. The van der Waals surface area contributed by atoms with Crippen LogP contribution in [0.25, 0.3) is 0 Å². The molecule has 0 saturated heterocycles. The minimum atomic E-state index is -5.06. The zero-order valence-electron chi connectivity index (χ0n) is 13.8. The van der Waals surface area contributed by atoms with Crippen molar-refractivity contribution < 1.29 is 46.5 Å². The smallest absolute Gasteiger partial charge is 0.416 e. The molecule has 1 aliphatic carbocycles. The summed E-state index contributed by atoms with van der Waals surface area (Å²) in [5, 5.41) is 28.7. The predicted molar refractivity (Wildman–Crippen MR) is 83.1 cm³/mol. The SMILES string of the molecule is O=C(c1c(O)cc(O)cc1O)C1CC1c1ccc(C(F)(F)F)cc1C(F)(F)F. The Bertz CT molecular complexity index is 925. The summed E-state index contributed by atoms with van der Waals surface area (Å²) >= 11 is 0. The molecule has 0 aliphatic heterocycles. The third-order valence-electron chi connectivity index (χ3n) is 4.54. The van der Waals surface area contributed by atoms with Gasteiger partial charge in [0.1, 0.15) is 22.8 Å². The van der Waals surface area contributed by atoms with E-state index in [-0.39, 0.29) is 12.5 Å². The molecule has 2 aromatic carbocycles. The number of carbonyl (C=O) groups excluding carboxylic acids is 1. The van der Waals surface area contributed by atoms with Gasteiger partial charge in [-0.1, -0.05) is 6.07 Å². The van der Waals surface area contributed by atoms with Crippen LogP contribution in [0.3, 0.4) is 0 Å². The van der Waals surface area contributed by atoms with Gasteiger partial charge in [0.25, 0.3) is 0 Å². The number of aromatic hydroxyl groups is 3. The van der Waals surface area contributed by atoms with Gasteiger partial charge < -0.3 is 15.3 Å². The van der Waals surface area contributed by atoms with Gasteiger partial charge in [0.15, 0.2) is 5.78 Å². The van der Waals surface area contributed by atoms with Crippen molar-refractivity contribution in [3.05, 3.63) is 52.6 Å². The van der Waals surface area contributed by atoms with Gasteiger partial charge in [-0.25, -0.2) is 0 Å². The van der Waals surface area contributed by atoms with Crippen LogP contribution in [0.4, 0.5) is 26.3 Å². The summed E-state index contributed by atoms with van der Waals surface area (Å²) in [6, 6.07) is 2.78. The molecule has 3 rings (SSSR count). The van der Waals surface area contributed by atoms with Crippen molar-refractivity contribution in [1.82, 2.24) is 0 Å². The van der Waals surface area contributed by atoms with E-state index in [1.54, 1.807) is 0 Å². The van der Waals surface area contributed by atoms with Crippen LogP contribution in [-0.4, -0.2) is 21.1 Å². The Morgan fingerprint density at radius 1 is 0.893 bits per heavy atom. The number of rotatable bonds is 3. The number of Topliss-reactive ketones (excluding diaryl/α,β-unsaturated/α-hetero) is 1. The van der Waals surface area contributed by atoms with Crippen molar-refractivity contribution in [2.24, 2.45) is 5.92 Å². The summed E-state index contributed by atoms with van der Waals surface area (Å²) in [5.41, 5.74) is -3.97. The van der Waals surface area contributed by atoms with Gasteiger partial charge in [-0.15, -0.1) is 0 Å². The number of phenols is 3. The molecule has 2 unspecified atom stereocenters. The molecule has 0 spiro atoms. The Hall–Kier alpha value is -2.91. The quantitative estimate of drug-likeness (QED) is 0.504. The lowest BCUT2D eigenvalue weighted by Crippen LogP contribution is -2.14. The minimum absolute atomic E-state index is 0.00465. The highest BCUT2D eigenvalue weighted by molar-refractivity contribution is 6.05. The minimum Gasteiger partial charge on any atom is -0.508 e. The molecule has 10 heteroatoms. The van der Waals surface area contributed by atoms with E-state index in [4.69, 9.17) is 0 Å². The fourth-order valence-electron chi connectivity index (χ4n) is 3.17. The highest BCUT2D eigenvalue weighted by Gasteiger charge is 2.49. The summed E-state index contributed by atoms with van der Waals surface area (Å²) in [4.78, 5) is 12.5. The van der Waals surface area contributed by atoms with E-state index in [1.165, 1.54) is 0 Å². The van der Waals surface area contributed by atoms with Crippen molar-refractivity contribution in [2.75, 3.05) is 0 Å². The average Bonchev–Trinajstić information content (AvgIpc) is 3.32. The first-order valence-corrected chi connectivity index (χ1v) is 7.88. The average molecular weight is 406 g/mol. The van der Waals surface area contributed by atoms with E-state index in [1.807, 2.05) is 0 Å². The van der Waals surface area contributed by atoms with Crippen molar-refractivity contribution in [1.29, 1.82) is 0 Å². The van der Waals surface area contributed by atoms with Crippen molar-refractivity contribution >= 4 is 5.78 Å². The van der Waals surface area contributed by atoms with Gasteiger partial charge in [-0.3, -0.25) is 4.79 Å². The summed E-state index contributed by atoms with van der Waals surface area (Å²) in [7, 11) is 0. The third-order valence-corrected chi connectivity index (χ3v) is 4.54. The van der Waals surface area contributed by atoms with Crippen LogP contribution in [0, 0.1) is 5.92 Å². The van der Waals surface area contributed by atoms with Crippen LogP contribution in [0.2, 0.25) is 0 Å². The van der Waals surface area contributed by atoms with Gasteiger partial charge in [-0.05, 0) is 30.0 Å². The Morgan fingerprint density at radius 3 is 1.96 bits per heavy atom. The number of hydrogen-bond donors (Lipinski definition) is 3. The number of hydrogen-bond acceptors (Lipinski definition) is 4. The molecule has 1 saturated carbocycles. The molecule has 1 fully saturated rings.